The zero-order chi connectivity index (χ0) is 13.0. The van der Waals surface area contributed by atoms with Gasteiger partial charge in [0.25, 0.3) is 0 Å². The van der Waals surface area contributed by atoms with Crippen LogP contribution in [0.2, 0.25) is 0 Å². The molecule has 1 aromatic rings. The van der Waals surface area contributed by atoms with E-state index in [0.29, 0.717) is 24.3 Å². The largest absolute Gasteiger partial charge is 0.384 e. The van der Waals surface area contributed by atoms with Crippen molar-refractivity contribution >= 4 is 43.0 Å². The van der Waals surface area contributed by atoms with Crippen LogP contribution in [0.25, 0.3) is 0 Å². The third-order valence-corrected chi connectivity index (χ3v) is 3.58. The number of rotatable bonds is 5. The van der Waals surface area contributed by atoms with E-state index in [-0.39, 0.29) is 43.3 Å². The van der Waals surface area contributed by atoms with Gasteiger partial charge in [-0.1, -0.05) is 6.07 Å². The van der Waals surface area contributed by atoms with Crippen molar-refractivity contribution in [1.82, 2.24) is 10.3 Å². The van der Waals surface area contributed by atoms with Crippen molar-refractivity contribution in [1.29, 1.82) is 0 Å². The van der Waals surface area contributed by atoms with Gasteiger partial charge < -0.3 is 22.5 Å². The fourth-order valence-electron chi connectivity index (χ4n) is 2.79. The molecule has 2 rings (SSSR count). The summed E-state index contributed by atoms with van der Waals surface area (Å²) in [5.41, 5.74) is 18.3. The molecule has 1 aromatic heterocycles. The molecule has 21 heavy (non-hydrogen) atoms. The summed E-state index contributed by atoms with van der Waals surface area (Å²) >= 11 is 0. The molecule has 1 aliphatic carbocycles. The van der Waals surface area contributed by atoms with E-state index < -0.39 is 0 Å². The molecule has 0 aromatic carbocycles. The minimum atomic E-state index is 0. The standard InChI is InChI=1S/C13H23N5.3ClH/c14-4-5-17-12-8-10(15)6-9(12)7-11-2-1-3-13(16)18-11;;;/h1-3,9-10,12,17H,4-8,14-15H2,(H2,16,18);3*1H. The van der Waals surface area contributed by atoms with Gasteiger partial charge in [0.15, 0.2) is 0 Å². The molecule has 3 atom stereocenters. The maximum atomic E-state index is 6.05. The van der Waals surface area contributed by atoms with Crippen molar-refractivity contribution in [2.75, 3.05) is 18.8 Å². The lowest BCUT2D eigenvalue weighted by atomic mass is 9.97. The summed E-state index contributed by atoms with van der Waals surface area (Å²) in [6.45, 7) is 1.51. The maximum absolute atomic E-state index is 6.05. The van der Waals surface area contributed by atoms with Crippen LogP contribution in [0.1, 0.15) is 18.5 Å². The van der Waals surface area contributed by atoms with Gasteiger partial charge in [-0.05, 0) is 37.3 Å². The Hall–Kier alpha value is -0.300. The van der Waals surface area contributed by atoms with Crippen molar-refractivity contribution in [2.24, 2.45) is 17.4 Å². The zero-order valence-corrected chi connectivity index (χ0v) is 14.4. The van der Waals surface area contributed by atoms with E-state index in [1.807, 2.05) is 18.2 Å². The number of nitrogens with two attached hydrogens (primary N) is 3. The van der Waals surface area contributed by atoms with Gasteiger partial charge in [-0.3, -0.25) is 0 Å². The molecule has 1 saturated carbocycles. The SMILES string of the molecule is Cl.Cl.Cl.NCCNC1CC(N)CC1Cc1cccc(N)n1. The first-order valence-corrected chi connectivity index (χ1v) is 6.59. The smallest absolute Gasteiger partial charge is 0.123 e. The monoisotopic (exact) mass is 357 g/mol. The van der Waals surface area contributed by atoms with Crippen molar-refractivity contribution < 1.29 is 0 Å². The molecule has 5 nitrogen and oxygen atoms in total. The quantitative estimate of drug-likeness (QED) is 0.632. The number of nitrogen functional groups attached to an aromatic ring is 1. The molecular formula is C13H26Cl3N5. The normalized spacial score (nSPS) is 23.6. The van der Waals surface area contributed by atoms with Gasteiger partial charge in [-0.2, -0.15) is 0 Å². The van der Waals surface area contributed by atoms with E-state index in [2.05, 4.69) is 10.3 Å². The van der Waals surface area contributed by atoms with E-state index in [4.69, 9.17) is 17.2 Å². The lowest BCUT2D eigenvalue weighted by Crippen LogP contribution is -2.37. The van der Waals surface area contributed by atoms with Crippen LogP contribution in [0.15, 0.2) is 18.2 Å². The van der Waals surface area contributed by atoms with Gasteiger partial charge in [0.05, 0.1) is 0 Å². The summed E-state index contributed by atoms with van der Waals surface area (Å²) in [4.78, 5) is 4.36. The van der Waals surface area contributed by atoms with Crippen molar-refractivity contribution in [3.63, 3.8) is 0 Å². The molecule has 0 aliphatic heterocycles. The number of halogens is 3. The lowest BCUT2D eigenvalue weighted by Gasteiger charge is -2.20. The predicted molar refractivity (Wildman–Crippen MR) is 95.6 cm³/mol. The summed E-state index contributed by atoms with van der Waals surface area (Å²) in [7, 11) is 0. The second-order valence-corrected chi connectivity index (χ2v) is 5.10. The van der Waals surface area contributed by atoms with Crippen LogP contribution in [-0.2, 0) is 6.42 Å². The fourth-order valence-corrected chi connectivity index (χ4v) is 2.79. The summed E-state index contributed by atoms with van der Waals surface area (Å²) in [6, 6.07) is 6.53. The summed E-state index contributed by atoms with van der Waals surface area (Å²) < 4.78 is 0. The summed E-state index contributed by atoms with van der Waals surface area (Å²) in [5.74, 6) is 1.11. The van der Waals surface area contributed by atoms with Crippen molar-refractivity contribution in [3.8, 4) is 0 Å². The Balaban J connectivity index is 0. The summed E-state index contributed by atoms with van der Waals surface area (Å²) in [5, 5.41) is 3.48. The number of nitrogens with zero attached hydrogens (tertiary/aromatic N) is 1. The van der Waals surface area contributed by atoms with Gasteiger partial charge in [0.1, 0.15) is 5.82 Å². The molecule has 0 radical (unpaired) electrons. The first kappa shape index (κ1) is 23.0. The molecule has 8 heteroatoms. The van der Waals surface area contributed by atoms with Gasteiger partial charge >= 0.3 is 0 Å². The van der Waals surface area contributed by atoms with E-state index in [0.717, 1.165) is 31.5 Å². The Morgan fingerprint density at radius 1 is 1.19 bits per heavy atom. The van der Waals surface area contributed by atoms with Crippen molar-refractivity contribution in [3.05, 3.63) is 23.9 Å². The van der Waals surface area contributed by atoms with E-state index in [9.17, 15) is 0 Å². The third-order valence-electron chi connectivity index (χ3n) is 3.58. The highest BCUT2D eigenvalue weighted by molar-refractivity contribution is 5.86. The lowest BCUT2D eigenvalue weighted by molar-refractivity contribution is 0.400. The van der Waals surface area contributed by atoms with Crippen LogP contribution in [0.3, 0.4) is 0 Å². The number of hydrogen-bond donors (Lipinski definition) is 4. The molecule has 1 aliphatic rings. The van der Waals surface area contributed by atoms with Crippen LogP contribution in [0.5, 0.6) is 0 Å². The Morgan fingerprint density at radius 3 is 2.52 bits per heavy atom. The second kappa shape index (κ2) is 11.3. The molecule has 1 heterocycles. The Bertz CT molecular complexity index is 394. The van der Waals surface area contributed by atoms with E-state index in [1.165, 1.54) is 0 Å². The van der Waals surface area contributed by atoms with E-state index in [1.54, 1.807) is 0 Å². The molecule has 3 unspecified atom stereocenters. The highest BCUT2D eigenvalue weighted by atomic mass is 35.5. The first-order chi connectivity index (χ1) is 8.69. The molecule has 7 N–H and O–H groups in total. The minimum Gasteiger partial charge on any atom is -0.384 e. The molecule has 0 bridgehead atoms. The number of aromatic nitrogens is 1. The van der Waals surface area contributed by atoms with Crippen LogP contribution in [-0.4, -0.2) is 30.2 Å². The first-order valence-electron chi connectivity index (χ1n) is 6.59. The molecule has 0 saturated heterocycles. The molecule has 0 spiro atoms. The summed E-state index contributed by atoms with van der Waals surface area (Å²) in [6.07, 6.45) is 2.99. The third kappa shape index (κ3) is 7.00. The second-order valence-electron chi connectivity index (χ2n) is 5.10. The topological polar surface area (TPSA) is 103 Å². The van der Waals surface area contributed by atoms with Crippen LogP contribution in [0, 0.1) is 5.92 Å². The number of pyridine rings is 1. The Kier molecular flexibility index (Phi) is 12.4. The fraction of sp³-hybridized carbons (Fsp3) is 0.615. The van der Waals surface area contributed by atoms with Crippen LogP contribution >= 0.6 is 37.2 Å². The van der Waals surface area contributed by atoms with Crippen molar-refractivity contribution in [2.45, 2.75) is 31.3 Å². The van der Waals surface area contributed by atoms with Gasteiger partial charge in [0, 0.05) is 30.9 Å². The van der Waals surface area contributed by atoms with Gasteiger partial charge in [-0.15, -0.1) is 37.2 Å². The highest BCUT2D eigenvalue weighted by Gasteiger charge is 2.32. The zero-order valence-electron chi connectivity index (χ0n) is 11.9. The molecular weight excluding hydrogens is 333 g/mol. The minimum absolute atomic E-state index is 0. The predicted octanol–water partition coefficient (Wildman–Crippen LogP) is 1.13. The molecule has 124 valence electrons. The highest BCUT2D eigenvalue weighted by Crippen LogP contribution is 2.27. The van der Waals surface area contributed by atoms with Crippen LogP contribution in [0.4, 0.5) is 5.82 Å². The van der Waals surface area contributed by atoms with E-state index >= 15 is 0 Å². The van der Waals surface area contributed by atoms with Crippen LogP contribution < -0.4 is 22.5 Å². The number of hydrogen-bond acceptors (Lipinski definition) is 5. The maximum Gasteiger partial charge on any atom is 0.123 e. The average Bonchev–Trinajstić information content (AvgIpc) is 2.67. The number of anilines is 1. The molecule has 1 fully saturated rings. The average molecular weight is 359 g/mol. The Morgan fingerprint density at radius 2 is 1.90 bits per heavy atom. The van der Waals surface area contributed by atoms with Gasteiger partial charge in [0.2, 0.25) is 0 Å². The number of nitrogens with one attached hydrogen (secondary N) is 1. The van der Waals surface area contributed by atoms with Gasteiger partial charge in [-0.25, -0.2) is 4.98 Å². The Labute approximate surface area is 145 Å². The molecule has 0 amide bonds.